The van der Waals surface area contributed by atoms with Gasteiger partial charge in [-0.25, -0.2) is 4.89 Å². The van der Waals surface area contributed by atoms with Gasteiger partial charge in [-0.1, -0.05) is 47.5 Å². The van der Waals surface area contributed by atoms with Crippen LogP contribution < -0.4 is 0 Å². The van der Waals surface area contributed by atoms with Crippen LogP contribution in [0.3, 0.4) is 0 Å². The number of hydrogen-bond acceptors (Lipinski definition) is 3. The van der Waals surface area contributed by atoms with Crippen LogP contribution in [0, 0.1) is 50.7 Å². The summed E-state index contributed by atoms with van der Waals surface area (Å²) in [4.78, 5) is 4.69. The zero-order chi connectivity index (χ0) is 24.1. The Morgan fingerprint density at radius 2 is 1.55 bits per heavy atom. The molecule has 2 N–H and O–H groups in total. The standard InChI is InChI=1S/C30H52O3/c1-20(9-8-14-25(2,3)33-32)21-12-15-28(7)23-11-10-22-26(4,5)24(31)13-16-29(22)19-30(23,29)18-17-27(21,28)6/h20-24,31-32H,8-19H2,1-7H3/t20-,21-,22?,23+,24+,27-,28+,29-,30+/m1/s1. The van der Waals surface area contributed by atoms with Crippen LogP contribution in [0.1, 0.15) is 126 Å². The van der Waals surface area contributed by atoms with Crippen LogP contribution in [0.2, 0.25) is 0 Å². The van der Waals surface area contributed by atoms with Crippen molar-refractivity contribution in [1.29, 1.82) is 0 Å². The Bertz CT molecular complexity index is 775. The van der Waals surface area contributed by atoms with Gasteiger partial charge in [0.25, 0.3) is 0 Å². The Kier molecular flexibility index (Phi) is 5.55. The zero-order valence-electron chi connectivity index (χ0n) is 22.7. The number of fused-ring (bicyclic) bond motifs is 2. The molecule has 0 aromatic rings. The summed E-state index contributed by atoms with van der Waals surface area (Å²) in [5.41, 5.74) is 1.74. The van der Waals surface area contributed by atoms with Gasteiger partial charge in [0.05, 0.1) is 11.7 Å². The van der Waals surface area contributed by atoms with Crippen LogP contribution >= 0.6 is 0 Å². The molecule has 0 saturated heterocycles. The molecule has 0 aromatic heterocycles. The van der Waals surface area contributed by atoms with Crippen molar-refractivity contribution < 1.29 is 15.3 Å². The fourth-order valence-corrected chi connectivity index (χ4v) is 11.4. The molecule has 0 bridgehead atoms. The van der Waals surface area contributed by atoms with Crippen LogP contribution in [-0.4, -0.2) is 22.1 Å². The minimum Gasteiger partial charge on any atom is -0.393 e. The number of hydrogen-bond donors (Lipinski definition) is 2. The molecule has 0 aromatic carbocycles. The minimum atomic E-state index is -0.425. The molecular weight excluding hydrogens is 408 g/mol. The largest absolute Gasteiger partial charge is 0.393 e. The van der Waals surface area contributed by atoms with Crippen molar-refractivity contribution in [2.45, 2.75) is 137 Å². The van der Waals surface area contributed by atoms with Crippen molar-refractivity contribution in [3.8, 4) is 0 Å². The number of rotatable bonds is 6. The van der Waals surface area contributed by atoms with Crippen molar-refractivity contribution in [2.24, 2.45) is 50.7 Å². The van der Waals surface area contributed by atoms with E-state index < -0.39 is 5.60 Å². The van der Waals surface area contributed by atoms with E-state index in [9.17, 15) is 5.11 Å². The molecule has 5 saturated carbocycles. The van der Waals surface area contributed by atoms with Crippen LogP contribution in [-0.2, 0) is 4.89 Å². The van der Waals surface area contributed by atoms with Crippen molar-refractivity contribution >= 4 is 0 Å². The molecule has 5 fully saturated rings. The smallest absolute Gasteiger partial charge is 0.0977 e. The third-order valence-electron chi connectivity index (χ3n) is 13.5. The van der Waals surface area contributed by atoms with E-state index >= 15 is 0 Å². The van der Waals surface area contributed by atoms with E-state index in [2.05, 4.69) is 39.5 Å². The summed E-state index contributed by atoms with van der Waals surface area (Å²) in [6.07, 6.45) is 15.4. The monoisotopic (exact) mass is 460 g/mol. The Morgan fingerprint density at radius 1 is 0.879 bits per heavy atom. The van der Waals surface area contributed by atoms with Gasteiger partial charge >= 0.3 is 0 Å². The second-order valence-corrected chi connectivity index (χ2v) is 15.2. The van der Waals surface area contributed by atoms with Crippen LogP contribution in [0.25, 0.3) is 0 Å². The summed E-state index contributed by atoms with van der Waals surface area (Å²) in [7, 11) is 0. The summed E-state index contributed by atoms with van der Waals surface area (Å²) in [6, 6.07) is 0. The highest BCUT2D eigenvalue weighted by molar-refractivity contribution is 5.30. The van der Waals surface area contributed by atoms with Gasteiger partial charge in [0.15, 0.2) is 0 Å². The topological polar surface area (TPSA) is 49.7 Å². The minimum absolute atomic E-state index is 0.0904. The van der Waals surface area contributed by atoms with Gasteiger partial charge in [0, 0.05) is 0 Å². The highest BCUT2D eigenvalue weighted by Gasteiger charge is 2.82. The lowest BCUT2D eigenvalue weighted by Gasteiger charge is -2.63. The lowest BCUT2D eigenvalue weighted by Crippen LogP contribution is -2.57. The normalized spacial score (nSPS) is 51.2. The Labute approximate surface area is 203 Å². The van der Waals surface area contributed by atoms with Gasteiger partial charge in [-0.15, -0.1) is 0 Å². The molecule has 1 unspecified atom stereocenters. The Balaban J connectivity index is 1.35. The van der Waals surface area contributed by atoms with E-state index in [0.29, 0.717) is 21.7 Å². The highest BCUT2D eigenvalue weighted by atomic mass is 17.1. The van der Waals surface area contributed by atoms with Crippen molar-refractivity contribution in [1.82, 2.24) is 0 Å². The predicted octanol–water partition coefficient (Wildman–Crippen LogP) is 7.86. The van der Waals surface area contributed by atoms with Crippen LogP contribution in [0.15, 0.2) is 0 Å². The first-order valence-corrected chi connectivity index (χ1v) is 14.3. The molecule has 0 amide bonds. The molecule has 9 atom stereocenters. The summed E-state index contributed by atoms with van der Waals surface area (Å²) in [5.74, 6) is 3.19. The van der Waals surface area contributed by atoms with Crippen molar-refractivity contribution in [3.63, 3.8) is 0 Å². The van der Waals surface area contributed by atoms with Gasteiger partial charge in [-0.2, -0.15) is 0 Å². The maximum absolute atomic E-state index is 10.9. The fourth-order valence-electron chi connectivity index (χ4n) is 11.4. The van der Waals surface area contributed by atoms with Gasteiger partial charge in [-0.05, 0) is 129 Å². The molecule has 0 radical (unpaired) electrons. The molecule has 0 aliphatic heterocycles. The molecule has 33 heavy (non-hydrogen) atoms. The van der Waals surface area contributed by atoms with Crippen LogP contribution in [0.4, 0.5) is 0 Å². The third-order valence-corrected chi connectivity index (χ3v) is 13.5. The van der Waals surface area contributed by atoms with E-state index in [4.69, 9.17) is 5.26 Å². The maximum Gasteiger partial charge on any atom is 0.0977 e. The fraction of sp³-hybridized carbons (Fsp3) is 1.00. The van der Waals surface area contributed by atoms with Gasteiger partial charge in [-0.3, -0.25) is 5.26 Å². The first-order chi connectivity index (χ1) is 15.3. The second-order valence-electron chi connectivity index (χ2n) is 15.2. The molecule has 190 valence electrons. The van der Waals surface area contributed by atoms with Crippen molar-refractivity contribution in [3.05, 3.63) is 0 Å². The number of aliphatic hydroxyl groups excluding tert-OH is 1. The zero-order valence-corrected chi connectivity index (χ0v) is 22.7. The van der Waals surface area contributed by atoms with Crippen LogP contribution in [0.5, 0.6) is 0 Å². The summed E-state index contributed by atoms with van der Waals surface area (Å²) >= 11 is 0. The molecular formula is C30H52O3. The molecule has 3 heteroatoms. The van der Waals surface area contributed by atoms with E-state index in [-0.39, 0.29) is 11.5 Å². The first kappa shape index (κ1) is 24.6. The molecule has 2 spiro atoms. The molecule has 5 aliphatic carbocycles. The second kappa shape index (κ2) is 7.45. The van der Waals surface area contributed by atoms with Gasteiger partial charge < -0.3 is 5.11 Å². The van der Waals surface area contributed by atoms with E-state index in [1.807, 2.05) is 13.8 Å². The molecule has 3 nitrogen and oxygen atoms in total. The molecule has 0 heterocycles. The predicted molar refractivity (Wildman–Crippen MR) is 134 cm³/mol. The lowest BCUT2D eigenvalue weighted by atomic mass is 9.41. The molecule has 5 aliphatic rings. The summed E-state index contributed by atoms with van der Waals surface area (Å²) in [6.45, 7) is 16.6. The summed E-state index contributed by atoms with van der Waals surface area (Å²) in [5, 5.41) is 20.0. The lowest BCUT2D eigenvalue weighted by molar-refractivity contribution is -0.314. The summed E-state index contributed by atoms with van der Waals surface area (Å²) < 4.78 is 0. The van der Waals surface area contributed by atoms with E-state index in [0.717, 1.165) is 42.9 Å². The highest BCUT2D eigenvalue weighted by Crippen LogP contribution is 2.89. The maximum atomic E-state index is 10.9. The molecule has 5 rings (SSSR count). The first-order valence-electron chi connectivity index (χ1n) is 14.3. The Hall–Kier alpha value is -0.120. The van der Waals surface area contributed by atoms with Crippen molar-refractivity contribution in [2.75, 3.05) is 0 Å². The van der Waals surface area contributed by atoms with Gasteiger partial charge in [0.2, 0.25) is 0 Å². The van der Waals surface area contributed by atoms with E-state index in [1.54, 1.807) is 0 Å². The average molecular weight is 461 g/mol. The number of aliphatic hydroxyl groups is 1. The average Bonchev–Trinajstić information content (AvgIpc) is 3.33. The quantitative estimate of drug-likeness (QED) is 0.313. The SMILES string of the molecule is C[C@H](CCCC(C)(C)OO)[C@H]1CC[C@@]2(C)[C@@H]3CCC4C(C)(C)[C@@H](O)CC[C@@]45C[C@@]35CC[C@]12C. The van der Waals surface area contributed by atoms with E-state index in [1.165, 1.54) is 57.8 Å². The third kappa shape index (κ3) is 3.10. The Morgan fingerprint density at radius 3 is 2.24 bits per heavy atom. The van der Waals surface area contributed by atoms with Gasteiger partial charge in [0.1, 0.15) is 0 Å².